The smallest absolute Gasteiger partial charge is 0.260 e. The molecule has 1 saturated heterocycles. The van der Waals surface area contributed by atoms with Crippen LogP contribution < -0.4 is 4.90 Å². The third-order valence-electron chi connectivity index (χ3n) is 7.04. The highest BCUT2D eigenvalue weighted by Gasteiger charge is 2.39. The SMILES string of the molecule is Cc1ccc2c(c1)CN(C(=O)C(C)(C)F)C(C)c1nnc(C3CCN(c4ccc(F)cn4)CC3)n1-2. The molecule has 0 aliphatic carbocycles. The predicted octanol–water partition coefficient (Wildman–Crippen LogP) is 4.65. The number of rotatable bonds is 3. The highest BCUT2D eigenvalue weighted by molar-refractivity contribution is 5.84. The van der Waals surface area contributed by atoms with Crippen molar-refractivity contribution >= 4 is 11.7 Å². The number of anilines is 1. The number of piperidine rings is 1. The first kappa shape index (κ1) is 23.4. The number of nitrogens with zero attached hydrogens (tertiary/aromatic N) is 6. The molecule has 1 unspecified atom stereocenters. The molecule has 9 heteroatoms. The zero-order valence-corrected chi connectivity index (χ0v) is 20.5. The van der Waals surface area contributed by atoms with Crippen molar-refractivity contribution in [1.29, 1.82) is 0 Å². The van der Waals surface area contributed by atoms with Crippen molar-refractivity contribution in [3.8, 4) is 5.69 Å². The van der Waals surface area contributed by atoms with E-state index in [4.69, 9.17) is 0 Å². The van der Waals surface area contributed by atoms with Crippen molar-refractivity contribution in [3.63, 3.8) is 0 Å². The molecule has 0 N–H and O–H groups in total. The van der Waals surface area contributed by atoms with Gasteiger partial charge in [0, 0.05) is 25.6 Å². The van der Waals surface area contributed by atoms with Gasteiger partial charge >= 0.3 is 0 Å². The minimum Gasteiger partial charge on any atom is -0.357 e. The molecule has 3 aromatic rings. The second-order valence-corrected chi connectivity index (χ2v) is 10.1. The van der Waals surface area contributed by atoms with Crippen LogP contribution in [0.15, 0.2) is 36.5 Å². The van der Waals surface area contributed by atoms with Crippen molar-refractivity contribution in [3.05, 3.63) is 65.1 Å². The van der Waals surface area contributed by atoms with E-state index >= 15 is 0 Å². The number of benzene rings is 1. The Morgan fingerprint density at radius 2 is 1.80 bits per heavy atom. The summed E-state index contributed by atoms with van der Waals surface area (Å²) in [6, 6.07) is 8.83. The highest BCUT2D eigenvalue weighted by Crippen LogP contribution is 2.37. The Hall–Kier alpha value is -3.36. The molecule has 2 aromatic heterocycles. The van der Waals surface area contributed by atoms with Gasteiger partial charge in [-0.1, -0.05) is 17.7 Å². The highest BCUT2D eigenvalue weighted by atomic mass is 19.1. The standard InChI is InChI=1S/C26H30F2N6O/c1-16-5-7-21-19(13-16)15-33(25(35)26(3,4)28)17(2)23-30-31-24(34(21)23)18-9-11-32(12-10-18)22-8-6-20(27)14-29-22/h5-8,13-14,17-18H,9-12,15H2,1-4H3. The Balaban J connectivity index is 1.49. The van der Waals surface area contributed by atoms with Crippen molar-refractivity contribution < 1.29 is 13.6 Å². The molecule has 0 bridgehead atoms. The molecule has 2 aliphatic heterocycles. The largest absolute Gasteiger partial charge is 0.357 e. The van der Waals surface area contributed by atoms with Crippen LogP contribution in [0.5, 0.6) is 0 Å². The van der Waals surface area contributed by atoms with E-state index < -0.39 is 17.6 Å². The van der Waals surface area contributed by atoms with Crippen molar-refractivity contribution in [2.45, 2.75) is 64.7 Å². The lowest BCUT2D eigenvalue weighted by molar-refractivity contribution is -0.145. The maximum absolute atomic E-state index is 14.7. The van der Waals surface area contributed by atoms with Crippen LogP contribution in [0.2, 0.25) is 0 Å². The van der Waals surface area contributed by atoms with Gasteiger partial charge in [-0.3, -0.25) is 9.36 Å². The third-order valence-corrected chi connectivity index (χ3v) is 7.04. The van der Waals surface area contributed by atoms with Gasteiger partial charge in [0.25, 0.3) is 5.91 Å². The van der Waals surface area contributed by atoms with Crippen LogP contribution in [0.3, 0.4) is 0 Å². The quantitative estimate of drug-likeness (QED) is 0.546. The molecule has 0 radical (unpaired) electrons. The van der Waals surface area contributed by atoms with Gasteiger partial charge in [-0.2, -0.15) is 0 Å². The van der Waals surface area contributed by atoms with E-state index in [0.29, 0.717) is 12.4 Å². The molecule has 1 aromatic carbocycles. The first-order chi connectivity index (χ1) is 16.6. The summed E-state index contributed by atoms with van der Waals surface area (Å²) in [5, 5.41) is 9.12. The van der Waals surface area contributed by atoms with Gasteiger partial charge in [0.15, 0.2) is 11.5 Å². The van der Waals surface area contributed by atoms with Crippen molar-refractivity contribution in [2.75, 3.05) is 18.0 Å². The van der Waals surface area contributed by atoms with Crippen LogP contribution >= 0.6 is 0 Å². The fraction of sp³-hybridized carbons (Fsp3) is 0.462. The van der Waals surface area contributed by atoms with E-state index in [1.54, 1.807) is 11.0 Å². The maximum Gasteiger partial charge on any atom is 0.260 e. The lowest BCUT2D eigenvalue weighted by Gasteiger charge is -2.32. The molecule has 7 nitrogen and oxygen atoms in total. The average molecular weight is 481 g/mol. The molecule has 1 amide bonds. The number of pyridine rings is 1. The number of fused-ring (bicyclic) bond motifs is 3. The normalized spacial score (nSPS) is 18.7. The van der Waals surface area contributed by atoms with Gasteiger partial charge in [0.1, 0.15) is 17.5 Å². The molecule has 1 fully saturated rings. The Morgan fingerprint density at radius 1 is 1.09 bits per heavy atom. The van der Waals surface area contributed by atoms with Crippen LogP contribution in [0, 0.1) is 12.7 Å². The molecular weight excluding hydrogens is 450 g/mol. The lowest BCUT2D eigenvalue weighted by atomic mass is 9.95. The summed E-state index contributed by atoms with van der Waals surface area (Å²) >= 11 is 0. The molecule has 1 atom stereocenters. The summed E-state index contributed by atoms with van der Waals surface area (Å²) in [6.45, 7) is 8.32. The van der Waals surface area contributed by atoms with Crippen LogP contribution in [0.1, 0.15) is 68.3 Å². The number of carbonyl (C=O) groups excluding carboxylic acids is 1. The summed E-state index contributed by atoms with van der Waals surface area (Å²) < 4.78 is 30.1. The van der Waals surface area contributed by atoms with Gasteiger partial charge in [-0.05, 0) is 64.3 Å². The van der Waals surface area contributed by atoms with Gasteiger partial charge in [-0.25, -0.2) is 13.8 Å². The number of hydrogen-bond acceptors (Lipinski definition) is 5. The van der Waals surface area contributed by atoms with Crippen molar-refractivity contribution in [1.82, 2.24) is 24.6 Å². The van der Waals surface area contributed by atoms with E-state index in [9.17, 15) is 13.6 Å². The fourth-order valence-corrected chi connectivity index (χ4v) is 5.12. The first-order valence-corrected chi connectivity index (χ1v) is 12.0. The Kier molecular flexibility index (Phi) is 5.81. The summed E-state index contributed by atoms with van der Waals surface area (Å²) in [4.78, 5) is 21.0. The van der Waals surface area contributed by atoms with E-state index in [-0.39, 0.29) is 11.7 Å². The molecule has 0 spiro atoms. The van der Waals surface area contributed by atoms with Gasteiger partial charge in [0.2, 0.25) is 0 Å². The second-order valence-electron chi connectivity index (χ2n) is 10.1. The molecule has 2 aliphatic rings. The Bertz CT molecular complexity index is 1240. The number of carbonyl (C=O) groups is 1. The summed E-state index contributed by atoms with van der Waals surface area (Å²) in [5.41, 5.74) is 0.966. The molecule has 4 heterocycles. The zero-order valence-electron chi connectivity index (χ0n) is 20.5. The monoisotopic (exact) mass is 480 g/mol. The summed E-state index contributed by atoms with van der Waals surface area (Å²) in [5.74, 6) is 1.52. The van der Waals surface area contributed by atoms with Gasteiger partial charge < -0.3 is 9.80 Å². The van der Waals surface area contributed by atoms with E-state index in [1.807, 2.05) is 26.0 Å². The minimum atomic E-state index is -1.99. The minimum absolute atomic E-state index is 0.161. The van der Waals surface area contributed by atoms with Gasteiger partial charge in [-0.15, -0.1) is 10.2 Å². The first-order valence-electron chi connectivity index (χ1n) is 12.0. The molecule has 0 saturated carbocycles. The zero-order chi connectivity index (χ0) is 24.9. The molecule has 5 rings (SSSR count). The summed E-state index contributed by atoms with van der Waals surface area (Å²) in [7, 11) is 0. The number of hydrogen-bond donors (Lipinski definition) is 0. The Morgan fingerprint density at radius 3 is 2.46 bits per heavy atom. The maximum atomic E-state index is 14.7. The average Bonchev–Trinajstić information content (AvgIpc) is 3.22. The number of amides is 1. The lowest BCUT2D eigenvalue weighted by Crippen LogP contribution is -2.43. The summed E-state index contributed by atoms with van der Waals surface area (Å²) in [6.07, 6.45) is 2.92. The van der Waals surface area contributed by atoms with Crippen molar-refractivity contribution in [2.24, 2.45) is 0 Å². The van der Waals surface area contributed by atoms with Gasteiger partial charge in [0.05, 0.1) is 17.9 Å². The third kappa shape index (κ3) is 4.28. The number of aryl methyl sites for hydroxylation is 1. The number of aromatic nitrogens is 4. The fourth-order valence-electron chi connectivity index (χ4n) is 5.12. The van der Waals surface area contributed by atoms with Crippen LogP contribution in [-0.2, 0) is 11.3 Å². The van der Waals surface area contributed by atoms with Crippen LogP contribution in [-0.4, -0.2) is 49.3 Å². The molecular formula is C26H30F2N6O. The number of halogens is 2. The van der Waals surface area contributed by atoms with E-state index in [0.717, 1.165) is 54.4 Å². The Labute approximate surface area is 203 Å². The van der Waals surface area contributed by atoms with E-state index in [2.05, 4.69) is 30.7 Å². The second kappa shape index (κ2) is 8.70. The van der Waals surface area contributed by atoms with Crippen LogP contribution in [0.4, 0.5) is 14.6 Å². The topological polar surface area (TPSA) is 67.2 Å². The predicted molar refractivity (Wildman–Crippen MR) is 129 cm³/mol. The number of alkyl halides is 1. The molecule has 35 heavy (non-hydrogen) atoms. The molecule has 184 valence electrons. The van der Waals surface area contributed by atoms with Crippen LogP contribution in [0.25, 0.3) is 5.69 Å². The van der Waals surface area contributed by atoms with E-state index in [1.165, 1.54) is 26.1 Å².